The van der Waals surface area contributed by atoms with Crippen molar-refractivity contribution < 1.29 is 9.59 Å². The van der Waals surface area contributed by atoms with E-state index < -0.39 is 6.04 Å². The zero-order valence-electron chi connectivity index (χ0n) is 14.9. The van der Waals surface area contributed by atoms with E-state index in [2.05, 4.69) is 5.32 Å². The largest absolute Gasteiger partial charge is 0.344 e. The predicted octanol–water partition coefficient (Wildman–Crippen LogP) is 3.78. The van der Waals surface area contributed by atoms with E-state index in [4.69, 9.17) is 11.6 Å². The maximum Gasteiger partial charge on any atom is 0.249 e. The number of hydrogen-bond donors (Lipinski definition) is 1. The fourth-order valence-corrected chi connectivity index (χ4v) is 6.66. The summed E-state index contributed by atoms with van der Waals surface area (Å²) in [5, 5.41) is 3.71. The Balaban J connectivity index is 1.31. The normalized spacial score (nSPS) is 38.0. The second kappa shape index (κ2) is 5.98. The zero-order valence-corrected chi connectivity index (χ0v) is 15.7. The van der Waals surface area contributed by atoms with Gasteiger partial charge in [-0.3, -0.25) is 9.59 Å². The fraction of sp³-hybridized carbons (Fsp3) is 0.619. The number of amides is 2. The molecule has 1 unspecified atom stereocenters. The van der Waals surface area contributed by atoms with Gasteiger partial charge in [0.15, 0.2) is 0 Å². The molecule has 1 aliphatic heterocycles. The van der Waals surface area contributed by atoms with Gasteiger partial charge in [0.25, 0.3) is 0 Å². The summed E-state index contributed by atoms with van der Waals surface area (Å²) in [7, 11) is 0. The monoisotopic (exact) mass is 372 g/mol. The molecule has 5 heteroatoms. The van der Waals surface area contributed by atoms with Crippen molar-refractivity contribution in [3.8, 4) is 0 Å². The lowest BCUT2D eigenvalue weighted by atomic mass is 9.49. The summed E-state index contributed by atoms with van der Waals surface area (Å²) < 4.78 is 0. The fourth-order valence-electron chi connectivity index (χ4n) is 6.42. The van der Waals surface area contributed by atoms with Crippen LogP contribution in [-0.4, -0.2) is 24.4 Å². The molecule has 4 saturated carbocycles. The van der Waals surface area contributed by atoms with E-state index in [-0.39, 0.29) is 17.2 Å². The van der Waals surface area contributed by atoms with Gasteiger partial charge in [-0.25, -0.2) is 0 Å². The van der Waals surface area contributed by atoms with Gasteiger partial charge < -0.3 is 10.2 Å². The van der Waals surface area contributed by atoms with E-state index in [1.54, 1.807) is 11.0 Å². The van der Waals surface area contributed by atoms with Gasteiger partial charge in [0.05, 0.1) is 10.7 Å². The van der Waals surface area contributed by atoms with Crippen molar-refractivity contribution in [3.05, 3.63) is 29.3 Å². The summed E-state index contributed by atoms with van der Waals surface area (Å²) in [6, 6.07) is 7.00. The summed E-state index contributed by atoms with van der Waals surface area (Å²) in [4.78, 5) is 27.8. The molecule has 5 fully saturated rings. The summed E-state index contributed by atoms with van der Waals surface area (Å²) in [5.41, 5.74) is 0.540. The number of carbonyl (C=O) groups excluding carboxylic acids is 2. The van der Waals surface area contributed by atoms with Crippen LogP contribution in [0.1, 0.15) is 44.9 Å². The SMILES string of the molecule is O=C1C(NC(=O)C23CC4CC(CC(C4)C2)C3)CCN1c1ccccc1Cl. The number of hydrogen-bond acceptors (Lipinski definition) is 2. The van der Waals surface area contributed by atoms with Gasteiger partial charge in [-0.05, 0) is 74.8 Å². The smallest absolute Gasteiger partial charge is 0.249 e. The third-order valence-electron chi connectivity index (χ3n) is 7.17. The van der Waals surface area contributed by atoms with Crippen LogP contribution in [0.3, 0.4) is 0 Å². The Morgan fingerprint density at radius 1 is 1.08 bits per heavy atom. The van der Waals surface area contributed by atoms with Crippen LogP contribution in [0.25, 0.3) is 0 Å². The van der Waals surface area contributed by atoms with E-state index in [1.807, 2.05) is 18.2 Å². The van der Waals surface area contributed by atoms with Crippen molar-refractivity contribution in [2.45, 2.75) is 51.0 Å². The summed E-state index contributed by atoms with van der Waals surface area (Å²) in [6.07, 6.45) is 7.68. The standard InChI is InChI=1S/C21H25ClN2O2/c22-16-3-1-2-4-18(16)24-6-5-17(19(24)25)23-20(26)21-10-13-7-14(11-21)9-15(8-13)12-21/h1-4,13-15,17H,5-12H2,(H,23,26). The molecule has 1 atom stereocenters. The van der Waals surface area contributed by atoms with Gasteiger partial charge in [0.1, 0.15) is 6.04 Å². The molecule has 6 rings (SSSR count). The number of nitrogens with zero attached hydrogens (tertiary/aromatic N) is 1. The Labute approximate surface area is 159 Å². The molecular weight excluding hydrogens is 348 g/mol. The Morgan fingerprint density at radius 2 is 1.69 bits per heavy atom. The third-order valence-corrected chi connectivity index (χ3v) is 7.49. The lowest BCUT2D eigenvalue weighted by Crippen LogP contribution is -2.56. The van der Waals surface area contributed by atoms with E-state index in [1.165, 1.54) is 19.3 Å². The molecule has 5 aliphatic rings. The van der Waals surface area contributed by atoms with Gasteiger partial charge in [0, 0.05) is 12.0 Å². The maximum atomic E-state index is 13.2. The lowest BCUT2D eigenvalue weighted by molar-refractivity contribution is -0.148. The van der Waals surface area contributed by atoms with Crippen molar-refractivity contribution in [2.24, 2.45) is 23.2 Å². The highest BCUT2D eigenvalue weighted by molar-refractivity contribution is 6.34. The first-order chi connectivity index (χ1) is 12.5. The number of rotatable bonds is 3. The molecular formula is C21H25ClN2O2. The van der Waals surface area contributed by atoms with Gasteiger partial charge in [-0.1, -0.05) is 23.7 Å². The molecule has 0 spiro atoms. The Kier molecular flexibility index (Phi) is 3.82. The second-order valence-electron chi connectivity index (χ2n) is 8.95. The quantitative estimate of drug-likeness (QED) is 0.877. The van der Waals surface area contributed by atoms with Crippen LogP contribution in [0.4, 0.5) is 5.69 Å². The maximum absolute atomic E-state index is 13.2. The van der Waals surface area contributed by atoms with Crippen molar-refractivity contribution in [2.75, 3.05) is 11.4 Å². The molecule has 4 aliphatic carbocycles. The highest BCUT2D eigenvalue weighted by Crippen LogP contribution is 2.60. The van der Waals surface area contributed by atoms with Crippen LogP contribution in [0.2, 0.25) is 5.02 Å². The summed E-state index contributed by atoms with van der Waals surface area (Å²) >= 11 is 6.25. The molecule has 0 aromatic heterocycles. The topological polar surface area (TPSA) is 49.4 Å². The minimum atomic E-state index is -0.410. The minimum Gasteiger partial charge on any atom is -0.344 e. The average molecular weight is 373 g/mol. The van der Waals surface area contributed by atoms with Gasteiger partial charge in [0.2, 0.25) is 11.8 Å². The minimum absolute atomic E-state index is 0.0313. The lowest BCUT2D eigenvalue weighted by Gasteiger charge is -2.55. The first-order valence-electron chi connectivity index (χ1n) is 9.91. The van der Waals surface area contributed by atoms with Gasteiger partial charge in [-0.2, -0.15) is 0 Å². The molecule has 138 valence electrons. The van der Waals surface area contributed by atoms with Crippen molar-refractivity contribution in [3.63, 3.8) is 0 Å². The number of halogens is 1. The van der Waals surface area contributed by atoms with Crippen molar-refractivity contribution in [1.82, 2.24) is 5.32 Å². The van der Waals surface area contributed by atoms with E-state index in [0.717, 1.165) is 42.7 Å². The van der Waals surface area contributed by atoms with Crippen LogP contribution in [0.5, 0.6) is 0 Å². The van der Waals surface area contributed by atoms with Crippen molar-refractivity contribution >= 4 is 29.1 Å². The Morgan fingerprint density at radius 3 is 2.31 bits per heavy atom. The third kappa shape index (κ3) is 2.57. The average Bonchev–Trinajstić information content (AvgIpc) is 2.95. The van der Waals surface area contributed by atoms with Gasteiger partial charge in [-0.15, -0.1) is 0 Å². The highest BCUT2D eigenvalue weighted by Gasteiger charge is 2.55. The molecule has 0 radical (unpaired) electrons. The van der Waals surface area contributed by atoms with E-state index in [9.17, 15) is 9.59 Å². The second-order valence-corrected chi connectivity index (χ2v) is 9.36. The summed E-state index contributed by atoms with van der Waals surface area (Å²) in [5.74, 6) is 2.29. The van der Waals surface area contributed by atoms with Crippen molar-refractivity contribution in [1.29, 1.82) is 0 Å². The molecule has 1 N–H and O–H groups in total. The molecule has 1 aromatic rings. The first kappa shape index (κ1) is 16.6. The molecule has 1 heterocycles. The molecule has 4 bridgehead atoms. The molecule has 2 amide bonds. The molecule has 1 aromatic carbocycles. The zero-order chi connectivity index (χ0) is 17.9. The molecule has 26 heavy (non-hydrogen) atoms. The van der Waals surface area contributed by atoms with Crippen LogP contribution in [-0.2, 0) is 9.59 Å². The van der Waals surface area contributed by atoms with Crippen LogP contribution in [0.15, 0.2) is 24.3 Å². The first-order valence-corrected chi connectivity index (χ1v) is 10.3. The van der Waals surface area contributed by atoms with Crippen LogP contribution < -0.4 is 10.2 Å². The van der Waals surface area contributed by atoms with Crippen LogP contribution >= 0.6 is 11.6 Å². The van der Waals surface area contributed by atoms with Crippen LogP contribution in [0, 0.1) is 23.2 Å². The number of carbonyl (C=O) groups is 2. The predicted molar refractivity (Wildman–Crippen MR) is 101 cm³/mol. The van der Waals surface area contributed by atoms with E-state index >= 15 is 0 Å². The van der Waals surface area contributed by atoms with Gasteiger partial charge >= 0.3 is 0 Å². The number of anilines is 1. The Bertz CT molecular complexity index is 727. The highest BCUT2D eigenvalue weighted by atomic mass is 35.5. The summed E-state index contributed by atoms with van der Waals surface area (Å²) in [6.45, 7) is 0.606. The number of para-hydroxylation sites is 1. The number of nitrogens with one attached hydrogen (secondary N) is 1. The number of benzene rings is 1. The molecule has 1 saturated heterocycles. The Hall–Kier alpha value is -1.55. The molecule has 4 nitrogen and oxygen atoms in total. The van der Waals surface area contributed by atoms with E-state index in [0.29, 0.717) is 18.0 Å².